The Hall–Kier alpha value is -2.04. The molecule has 4 heteroatoms. The van der Waals surface area contributed by atoms with Crippen LogP contribution in [0.5, 0.6) is 0 Å². The van der Waals surface area contributed by atoms with Gasteiger partial charge in [-0.15, -0.1) is 11.3 Å². The van der Waals surface area contributed by atoms with Gasteiger partial charge in [0.05, 0.1) is 10.6 Å². The average molecular weight is 295 g/mol. The number of thiazole rings is 1. The summed E-state index contributed by atoms with van der Waals surface area (Å²) in [5.74, 6) is 0. The van der Waals surface area contributed by atoms with E-state index in [0.29, 0.717) is 0 Å². The van der Waals surface area contributed by atoms with Gasteiger partial charge in [0, 0.05) is 12.7 Å². The molecule has 0 atom stereocenters. The number of rotatable bonds is 4. The smallest absolute Gasteiger partial charge is 0.143 e. The SMILES string of the molecule is CNCc1nc(-c2ncccc2C)sc1-c1ccccc1. The first-order chi connectivity index (χ1) is 10.3. The molecule has 0 saturated carbocycles. The van der Waals surface area contributed by atoms with Crippen molar-refractivity contribution in [2.24, 2.45) is 0 Å². The van der Waals surface area contributed by atoms with Crippen LogP contribution in [-0.4, -0.2) is 17.0 Å². The van der Waals surface area contributed by atoms with E-state index >= 15 is 0 Å². The molecule has 3 aromatic rings. The molecular weight excluding hydrogens is 278 g/mol. The van der Waals surface area contributed by atoms with Crippen LogP contribution >= 0.6 is 11.3 Å². The third-order valence-corrected chi connectivity index (χ3v) is 4.44. The standard InChI is InChI=1S/C17H17N3S/c1-12-7-6-10-19-15(12)17-20-14(11-18-2)16(21-17)13-8-4-3-5-9-13/h3-10,18H,11H2,1-2H3. The van der Waals surface area contributed by atoms with E-state index in [1.807, 2.05) is 25.4 Å². The molecule has 0 spiro atoms. The minimum atomic E-state index is 0.757. The minimum absolute atomic E-state index is 0.757. The highest BCUT2D eigenvalue weighted by molar-refractivity contribution is 7.18. The molecule has 0 fully saturated rings. The number of aromatic nitrogens is 2. The van der Waals surface area contributed by atoms with Crippen molar-refractivity contribution in [3.8, 4) is 21.1 Å². The van der Waals surface area contributed by atoms with Gasteiger partial charge >= 0.3 is 0 Å². The summed E-state index contributed by atoms with van der Waals surface area (Å²) in [4.78, 5) is 10.5. The number of hydrogen-bond acceptors (Lipinski definition) is 4. The summed E-state index contributed by atoms with van der Waals surface area (Å²) in [6, 6.07) is 14.4. The molecule has 0 aliphatic carbocycles. The Morgan fingerprint density at radius 2 is 1.90 bits per heavy atom. The van der Waals surface area contributed by atoms with Gasteiger partial charge in [0.15, 0.2) is 0 Å². The van der Waals surface area contributed by atoms with Crippen molar-refractivity contribution in [1.29, 1.82) is 0 Å². The molecular formula is C17H17N3S. The first-order valence-electron chi connectivity index (χ1n) is 6.91. The molecule has 0 aliphatic heterocycles. The van der Waals surface area contributed by atoms with Crippen LogP contribution in [0.3, 0.4) is 0 Å². The maximum absolute atomic E-state index is 4.80. The van der Waals surface area contributed by atoms with E-state index in [9.17, 15) is 0 Å². The van der Waals surface area contributed by atoms with Crippen molar-refractivity contribution < 1.29 is 0 Å². The molecule has 1 N–H and O–H groups in total. The fourth-order valence-electron chi connectivity index (χ4n) is 2.26. The predicted molar refractivity (Wildman–Crippen MR) is 88.3 cm³/mol. The summed E-state index contributed by atoms with van der Waals surface area (Å²) >= 11 is 1.71. The highest BCUT2D eigenvalue weighted by Crippen LogP contribution is 2.35. The topological polar surface area (TPSA) is 37.8 Å². The van der Waals surface area contributed by atoms with E-state index < -0.39 is 0 Å². The zero-order chi connectivity index (χ0) is 14.7. The van der Waals surface area contributed by atoms with Gasteiger partial charge in [-0.3, -0.25) is 4.98 Å². The minimum Gasteiger partial charge on any atom is -0.314 e. The van der Waals surface area contributed by atoms with Crippen LogP contribution in [-0.2, 0) is 6.54 Å². The third kappa shape index (κ3) is 2.86. The van der Waals surface area contributed by atoms with Gasteiger partial charge in [-0.25, -0.2) is 4.98 Å². The molecule has 0 amide bonds. The highest BCUT2D eigenvalue weighted by Gasteiger charge is 2.15. The van der Waals surface area contributed by atoms with Crippen LogP contribution in [0.1, 0.15) is 11.3 Å². The Morgan fingerprint density at radius 3 is 2.62 bits per heavy atom. The van der Waals surface area contributed by atoms with Gasteiger partial charge in [0.1, 0.15) is 10.7 Å². The molecule has 0 saturated heterocycles. The molecule has 3 nitrogen and oxygen atoms in total. The van der Waals surface area contributed by atoms with Gasteiger partial charge in [0.25, 0.3) is 0 Å². The number of nitrogens with one attached hydrogen (secondary N) is 1. The van der Waals surface area contributed by atoms with Crippen LogP contribution in [0.15, 0.2) is 48.7 Å². The second kappa shape index (κ2) is 6.16. The Balaban J connectivity index is 2.11. The predicted octanol–water partition coefficient (Wildman–Crippen LogP) is 3.90. The van der Waals surface area contributed by atoms with Crippen LogP contribution in [0.25, 0.3) is 21.1 Å². The lowest BCUT2D eigenvalue weighted by Gasteiger charge is -2.00. The van der Waals surface area contributed by atoms with Crippen molar-refractivity contribution >= 4 is 11.3 Å². The summed E-state index contributed by atoms with van der Waals surface area (Å²) in [7, 11) is 1.94. The summed E-state index contributed by atoms with van der Waals surface area (Å²) in [6.07, 6.45) is 1.82. The van der Waals surface area contributed by atoms with Crippen LogP contribution in [0.2, 0.25) is 0 Å². The van der Waals surface area contributed by atoms with E-state index in [0.717, 1.165) is 28.5 Å². The Kier molecular flexibility index (Phi) is 4.08. The summed E-state index contributed by atoms with van der Waals surface area (Å²) in [5, 5.41) is 4.18. The molecule has 1 aromatic carbocycles. The van der Waals surface area contributed by atoms with Gasteiger partial charge in [0.2, 0.25) is 0 Å². The van der Waals surface area contributed by atoms with Crippen LogP contribution in [0.4, 0.5) is 0 Å². The largest absolute Gasteiger partial charge is 0.314 e. The maximum atomic E-state index is 4.80. The molecule has 2 aromatic heterocycles. The highest BCUT2D eigenvalue weighted by atomic mass is 32.1. The summed E-state index contributed by atoms with van der Waals surface area (Å²) in [6.45, 7) is 2.83. The lowest BCUT2D eigenvalue weighted by Crippen LogP contribution is -2.06. The molecule has 0 bridgehead atoms. The van der Waals surface area contributed by atoms with E-state index in [4.69, 9.17) is 4.98 Å². The molecule has 0 aliphatic rings. The molecule has 2 heterocycles. The molecule has 0 radical (unpaired) electrons. The lowest BCUT2D eigenvalue weighted by molar-refractivity contribution is 0.799. The first-order valence-corrected chi connectivity index (χ1v) is 7.73. The lowest BCUT2D eigenvalue weighted by atomic mass is 10.1. The fourth-order valence-corrected chi connectivity index (χ4v) is 3.41. The number of nitrogens with zero attached hydrogens (tertiary/aromatic N) is 2. The van der Waals surface area contributed by atoms with Gasteiger partial charge < -0.3 is 5.32 Å². The van der Waals surface area contributed by atoms with Crippen LogP contribution < -0.4 is 5.32 Å². The average Bonchev–Trinajstić information content (AvgIpc) is 2.93. The van der Waals surface area contributed by atoms with Crippen molar-refractivity contribution in [3.63, 3.8) is 0 Å². The molecule has 0 unspecified atom stereocenters. The normalized spacial score (nSPS) is 10.8. The fraction of sp³-hybridized carbons (Fsp3) is 0.176. The number of pyridine rings is 1. The van der Waals surface area contributed by atoms with Gasteiger partial charge in [-0.05, 0) is 31.2 Å². The molecule has 106 valence electrons. The zero-order valence-electron chi connectivity index (χ0n) is 12.1. The van der Waals surface area contributed by atoms with E-state index in [1.54, 1.807) is 11.3 Å². The van der Waals surface area contributed by atoms with Crippen molar-refractivity contribution in [3.05, 3.63) is 59.9 Å². The summed E-state index contributed by atoms with van der Waals surface area (Å²) < 4.78 is 0. The van der Waals surface area contributed by atoms with Crippen molar-refractivity contribution in [2.45, 2.75) is 13.5 Å². The van der Waals surface area contributed by atoms with E-state index in [1.165, 1.54) is 10.4 Å². The van der Waals surface area contributed by atoms with Gasteiger partial charge in [-0.2, -0.15) is 0 Å². The van der Waals surface area contributed by atoms with E-state index in [-0.39, 0.29) is 0 Å². The Labute approximate surface area is 128 Å². The Bertz CT molecular complexity index is 735. The Morgan fingerprint density at radius 1 is 1.10 bits per heavy atom. The quantitative estimate of drug-likeness (QED) is 0.793. The first kappa shape index (κ1) is 13.9. The zero-order valence-corrected chi connectivity index (χ0v) is 12.9. The number of benzene rings is 1. The van der Waals surface area contributed by atoms with Crippen molar-refractivity contribution in [1.82, 2.24) is 15.3 Å². The maximum Gasteiger partial charge on any atom is 0.143 e. The second-order valence-electron chi connectivity index (χ2n) is 4.86. The van der Waals surface area contributed by atoms with Crippen molar-refractivity contribution in [2.75, 3.05) is 7.05 Å². The third-order valence-electron chi connectivity index (χ3n) is 3.29. The monoisotopic (exact) mass is 295 g/mol. The second-order valence-corrected chi connectivity index (χ2v) is 5.86. The van der Waals surface area contributed by atoms with E-state index in [2.05, 4.69) is 47.6 Å². The summed E-state index contributed by atoms with van der Waals surface area (Å²) in [5.41, 5.74) is 4.41. The van der Waals surface area contributed by atoms with Crippen LogP contribution in [0, 0.1) is 6.92 Å². The number of aryl methyl sites for hydroxylation is 1. The number of hydrogen-bond donors (Lipinski definition) is 1. The molecule has 3 rings (SSSR count). The molecule has 21 heavy (non-hydrogen) atoms. The van der Waals surface area contributed by atoms with Gasteiger partial charge in [-0.1, -0.05) is 36.4 Å².